The van der Waals surface area contributed by atoms with Gasteiger partial charge in [-0.15, -0.1) is 0 Å². The summed E-state index contributed by atoms with van der Waals surface area (Å²) in [6.45, 7) is 0.788. The molecular formula is C14H18N2O5. The summed E-state index contributed by atoms with van der Waals surface area (Å²) in [7, 11) is 2.87. The van der Waals surface area contributed by atoms with E-state index < -0.39 is 5.97 Å². The van der Waals surface area contributed by atoms with Crippen LogP contribution in [0, 0.1) is 0 Å². The zero-order valence-corrected chi connectivity index (χ0v) is 11.9. The number of anilines is 1. The molecular weight excluding hydrogens is 276 g/mol. The maximum atomic E-state index is 12.1. The second-order valence-electron chi connectivity index (χ2n) is 4.70. The van der Waals surface area contributed by atoms with Crippen LogP contribution in [0.1, 0.15) is 23.2 Å². The second-order valence-corrected chi connectivity index (χ2v) is 4.70. The van der Waals surface area contributed by atoms with Crippen LogP contribution in [0.25, 0.3) is 0 Å². The highest BCUT2D eigenvalue weighted by atomic mass is 16.5. The maximum absolute atomic E-state index is 12.1. The Kier molecular flexibility index (Phi) is 4.64. The Morgan fingerprint density at radius 3 is 2.48 bits per heavy atom. The summed E-state index contributed by atoms with van der Waals surface area (Å²) in [4.78, 5) is 23.4. The molecule has 0 saturated carbocycles. The van der Waals surface area contributed by atoms with Crippen molar-refractivity contribution >= 4 is 17.6 Å². The Morgan fingerprint density at radius 1 is 1.29 bits per heavy atom. The van der Waals surface area contributed by atoms with E-state index in [4.69, 9.17) is 9.47 Å². The van der Waals surface area contributed by atoms with Crippen molar-refractivity contribution in [2.45, 2.75) is 18.9 Å². The molecule has 0 aliphatic carbocycles. The van der Waals surface area contributed by atoms with Crippen LogP contribution < -0.4 is 20.1 Å². The first-order valence-electron chi connectivity index (χ1n) is 6.60. The average Bonchev–Trinajstić information content (AvgIpc) is 3.00. The summed E-state index contributed by atoms with van der Waals surface area (Å²) in [5, 5.41) is 15.0. The normalized spacial score (nSPS) is 17.3. The Bertz CT molecular complexity index is 553. The number of carboxylic acids is 1. The van der Waals surface area contributed by atoms with Gasteiger partial charge in [0.15, 0.2) is 11.5 Å². The highest BCUT2D eigenvalue weighted by Crippen LogP contribution is 2.33. The minimum Gasteiger partial charge on any atom is -0.493 e. The van der Waals surface area contributed by atoms with Gasteiger partial charge in [0.2, 0.25) is 5.91 Å². The maximum Gasteiger partial charge on any atom is 0.337 e. The predicted octanol–water partition coefficient (Wildman–Crippen LogP) is 1.09. The molecule has 2 rings (SSSR count). The lowest BCUT2D eigenvalue weighted by molar-refractivity contribution is -0.117. The number of ether oxygens (including phenoxy) is 2. The van der Waals surface area contributed by atoms with Crippen molar-refractivity contribution in [2.24, 2.45) is 0 Å². The fourth-order valence-corrected chi connectivity index (χ4v) is 2.29. The van der Waals surface area contributed by atoms with Crippen LogP contribution in [0.15, 0.2) is 12.1 Å². The van der Waals surface area contributed by atoms with E-state index in [0.29, 0.717) is 11.5 Å². The minimum atomic E-state index is -1.15. The number of aromatic carboxylic acids is 1. The van der Waals surface area contributed by atoms with Crippen molar-refractivity contribution in [3.05, 3.63) is 17.7 Å². The first-order valence-corrected chi connectivity index (χ1v) is 6.60. The first kappa shape index (κ1) is 15.1. The number of benzene rings is 1. The van der Waals surface area contributed by atoms with Crippen molar-refractivity contribution in [1.29, 1.82) is 0 Å². The van der Waals surface area contributed by atoms with Crippen LogP contribution in [0.4, 0.5) is 5.69 Å². The van der Waals surface area contributed by atoms with E-state index >= 15 is 0 Å². The summed E-state index contributed by atoms with van der Waals surface area (Å²) in [6.07, 6.45) is 1.66. The predicted molar refractivity (Wildman–Crippen MR) is 76.2 cm³/mol. The van der Waals surface area contributed by atoms with Gasteiger partial charge in [-0.3, -0.25) is 4.79 Å². The lowest BCUT2D eigenvalue weighted by Crippen LogP contribution is -2.35. The average molecular weight is 294 g/mol. The molecule has 114 valence electrons. The van der Waals surface area contributed by atoms with Crippen LogP contribution in [0.2, 0.25) is 0 Å². The van der Waals surface area contributed by atoms with Gasteiger partial charge in [0.1, 0.15) is 0 Å². The fourth-order valence-electron chi connectivity index (χ4n) is 2.29. The van der Waals surface area contributed by atoms with Gasteiger partial charge in [0, 0.05) is 12.1 Å². The monoisotopic (exact) mass is 294 g/mol. The number of hydrogen-bond acceptors (Lipinski definition) is 5. The molecule has 0 aromatic heterocycles. The molecule has 1 fully saturated rings. The zero-order valence-electron chi connectivity index (χ0n) is 11.9. The van der Waals surface area contributed by atoms with E-state index in [2.05, 4.69) is 10.6 Å². The Hall–Kier alpha value is -2.28. The summed E-state index contributed by atoms with van der Waals surface area (Å²) < 4.78 is 10.2. The third-order valence-corrected chi connectivity index (χ3v) is 3.39. The molecule has 1 heterocycles. The number of rotatable bonds is 5. The largest absolute Gasteiger partial charge is 0.493 e. The summed E-state index contributed by atoms with van der Waals surface area (Å²) >= 11 is 0. The van der Waals surface area contributed by atoms with Crippen LogP contribution >= 0.6 is 0 Å². The number of amides is 1. The third-order valence-electron chi connectivity index (χ3n) is 3.39. The quantitative estimate of drug-likeness (QED) is 0.752. The van der Waals surface area contributed by atoms with Crippen molar-refractivity contribution in [1.82, 2.24) is 5.32 Å². The number of nitrogens with one attached hydrogen (secondary N) is 2. The third kappa shape index (κ3) is 3.25. The van der Waals surface area contributed by atoms with E-state index in [9.17, 15) is 14.7 Å². The van der Waals surface area contributed by atoms with Crippen molar-refractivity contribution < 1.29 is 24.2 Å². The minimum absolute atomic E-state index is 0.0426. The van der Waals surface area contributed by atoms with E-state index in [-0.39, 0.29) is 23.2 Å². The smallest absolute Gasteiger partial charge is 0.337 e. The molecule has 1 aliphatic heterocycles. The molecule has 21 heavy (non-hydrogen) atoms. The van der Waals surface area contributed by atoms with Crippen molar-refractivity contribution in [3.8, 4) is 11.5 Å². The first-order chi connectivity index (χ1) is 10.1. The van der Waals surface area contributed by atoms with E-state index in [1.165, 1.54) is 26.4 Å². The molecule has 1 atom stereocenters. The molecule has 0 spiro atoms. The molecule has 0 unspecified atom stereocenters. The van der Waals surface area contributed by atoms with Gasteiger partial charge >= 0.3 is 5.97 Å². The molecule has 1 aliphatic rings. The summed E-state index contributed by atoms with van der Waals surface area (Å²) in [5.41, 5.74) is 0.151. The zero-order chi connectivity index (χ0) is 15.4. The van der Waals surface area contributed by atoms with Gasteiger partial charge in [-0.2, -0.15) is 0 Å². The number of carbonyl (C=O) groups is 2. The van der Waals surface area contributed by atoms with Crippen molar-refractivity contribution in [3.63, 3.8) is 0 Å². The van der Waals surface area contributed by atoms with E-state index in [1.54, 1.807) is 0 Å². The topological polar surface area (TPSA) is 96.9 Å². The molecule has 0 bridgehead atoms. The van der Waals surface area contributed by atoms with Crippen LogP contribution in [-0.2, 0) is 4.79 Å². The highest BCUT2D eigenvalue weighted by Gasteiger charge is 2.24. The standard InChI is InChI=1S/C14H18N2O5/c1-20-11-6-8(14(18)19)10(7-12(11)21-2)16-13(17)9-4-3-5-15-9/h6-7,9,15H,3-5H2,1-2H3,(H,16,17)(H,18,19)/t9-/m1/s1. The molecule has 1 saturated heterocycles. The van der Waals surface area contributed by atoms with Gasteiger partial charge in [-0.05, 0) is 19.4 Å². The molecule has 1 aromatic carbocycles. The van der Waals surface area contributed by atoms with E-state index in [0.717, 1.165) is 19.4 Å². The lowest BCUT2D eigenvalue weighted by Gasteiger charge is -2.15. The number of carboxylic acid groups (broad SMARTS) is 1. The summed E-state index contributed by atoms with van der Waals surface area (Å²) in [5.74, 6) is -0.739. The van der Waals surface area contributed by atoms with E-state index in [1.807, 2.05) is 0 Å². The summed E-state index contributed by atoms with van der Waals surface area (Å²) in [6, 6.07) is 2.49. The van der Waals surface area contributed by atoms with Gasteiger partial charge in [-0.25, -0.2) is 4.79 Å². The molecule has 7 heteroatoms. The SMILES string of the molecule is COc1cc(NC(=O)[C@H]2CCCN2)c(C(=O)O)cc1OC. The highest BCUT2D eigenvalue weighted by molar-refractivity contribution is 6.03. The molecule has 1 amide bonds. The van der Waals surface area contributed by atoms with Crippen LogP contribution in [0.5, 0.6) is 11.5 Å². The van der Waals surface area contributed by atoms with Crippen LogP contribution in [0.3, 0.4) is 0 Å². The molecule has 1 aromatic rings. The Labute approximate surface area is 122 Å². The van der Waals surface area contributed by atoms with Crippen molar-refractivity contribution in [2.75, 3.05) is 26.1 Å². The lowest BCUT2D eigenvalue weighted by atomic mass is 10.1. The van der Waals surface area contributed by atoms with Gasteiger partial charge < -0.3 is 25.2 Å². The molecule has 7 nitrogen and oxygen atoms in total. The Morgan fingerprint density at radius 2 is 1.95 bits per heavy atom. The Balaban J connectivity index is 2.31. The van der Waals surface area contributed by atoms with Gasteiger partial charge in [0.05, 0.1) is 31.5 Å². The number of hydrogen-bond donors (Lipinski definition) is 3. The second kappa shape index (κ2) is 6.45. The van der Waals surface area contributed by atoms with Gasteiger partial charge in [0.25, 0.3) is 0 Å². The molecule has 0 radical (unpaired) electrons. The fraction of sp³-hybridized carbons (Fsp3) is 0.429. The van der Waals surface area contributed by atoms with Gasteiger partial charge in [-0.1, -0.05) is 0 Å². The van der Waals surface area contributed by atoms with Crippen LogP contribution in [-0.4, -0.2) is 43.8 Å². The molecule has 3 N–H and O–H groups in total. The number of methoxy groups -OCH3 is 2. The number of carbonyl (C=O) groups excluding carboxylic acids is 1.